The van der Waals surface area contributed by atoms with E-state index in [-0.39, 0.29) is 17.4 Å². The number of amides is 1. The predicted octanol–water partition coefficient (Wildman–Crippen LogP) is 3.60. The number of hydrogen-bond acceptors (Lipinski definition) is 2. The molecule has 1 amide bonds. The lowest BCUT2D eigenvalue weighted by molar-refractivity contribution is 0.102. The van der Waals surface area contributed by atoms with Crippen molar-refractivity contribution in [2.75, 3.05) is 5.32 Å². The Morgan fingerprint density at radius 2 is 2.09 bits per heavy atom. The summed E-state index contributed by atoms with van der Waals surface area (Å²) in [6.45, 7) is 3.99. The minimum Gasteiger partial charge on any atom is -0.320 e. The summed E-state index contributed by atoms with van der Waals surface area (Å²) in [5.41, 5.74) is 3.69. The molecule has 0 aliphatic carbocycles. The maximum atomic E-state index is 13.2. The summed E-state index contributed by atoms with van der Waals surface area (Å²) in [6, 6.07) is 8.77. The molecule has 22 heavy (non-hydrogen) atoms. The van der Waals surface area contributed by atoms with Gasteiger partial charge in [-0.15, -0.1) is 0 Å². The molecule has 0 spiro atoms. The van der Waals surface area contributed by atoms with Gasteiger partial charge in [0.1, 0.15) is 17.2 Å². The van der Waals surface area contributed by atoms with Gasteiger partial charge in [-0.1, -0.05) is 25.1 Å². The average molecular weight is 297 g/mol. The number of hydrogen-bond donors (Lipinski definition) is 1. The first-order valence-electron chi connectivity index (χ1n) is 7.12. The van der Waals surface area contributed by atoms with Crippen LogP contribution in [0.3, 0.4) is 0 Å². The molecule has 112 valence electrons. The standard InChI is InChI=1S/C17H16FN3O/c1-3-12-6-4-5-11(2)16(12)20-17(22)14-10-21-9-13(18)7-8-15(21)19-14/h4-10H,3H2,1-2H3,(H,20,22). The third-order valence-corrected chi connectivity index (χ3v) is 3.63. The summed E-state index contributed by atoms with van der Waals surface area (Å²) < 4.78 is 14.7. The summed E-state index contributed by atoms with van der Waals surface area (Å²) in [4.78, 5) is 16.6. The molecule has 2 heterocycles. The smallest absolute Gasteiger partial charge is 0.275 e. The number of benzene rings is 1. The number of pyridine rings is 1. The van der Waals surface area contributed by atoms with Crippen molar-refractivity contribution in [2.45, 2.75) is 20.3 Å². The Hall–Kier alpha value is -2.69. The average Bonchev–Trinajstić information content (AvgIpc) is 2.92. The molecule has 4 nitrogen and oxygen atoms in total. The number of carbonyl (C=O) groups is 1. The summed E-state index contributed by atoms with van der Waals surface area (Å²) in [6.07, 6.45) is 3.65. The Morgan fingerprint density at radius 3 is 2.86 bits per heavy atom. The van der Waals surface area contributed by atoms with Crippen LogP contribution in [-0.2, 0) is 6.42 Å². The zero-order chi connectivity index (χ0) is 15.7. The maximum absolute atomic E-state index is 13.2. The van der Waals surface area contributed by atoms with Gasteiger partial charge < -0.3 is 9.72 Å². The van der Waals surface area contributed by atoms with Crippen molar-refractivity contribution in [3.05, 3.63) is 65.4 Å². The van der Waals surface area contributed by atoms with E-state index in [0.717, 1.165) is 23.2 Å². The number of imidazole rings is 1. The van der Waals surface area contributed by atoms with Crippen LogP contribution in [-0.4, -0.2) is 15.3 Å². The molecule has 0 saturated heterocycles. The fourth-order valence-corrected chi connectivity index (χ4v) is 2.45. The molecule has 0 aliphatic rings. The van der Waals surface area contributed by atoms with Crippen LogP contribution in [0.2, 0.25) is 0 Å². The predicted molar refractivity (Wildman–Crippen MR) is 83.7 cm³/mol. The Morgan fingerprint density at radius 1 is 1.27 bits per heavy atom. The van der Waals surface area contributed by atoms with Crippen LogP contribution in [0.1, 0.15) is 28.5 Å². The molecular weight excluding hydrogens is 281 g/mol. The van der Waals surface area contributed by atoms with E-state index in [1.165, 1.54) is 28.9 Å². The molecule has 0 fully saturated rings. The number of nitrogens with zero attached hydrogens (tertiary/aromatic N) is 2. The first kappa shape index (κ1) is 14.3. The summed E-state index contributed by atoms with van der Waals surface area (Å²) in [5, 5.41) is 2.91. The van der Waals surface area contributed by atoms with Gasteiger partial charge in [0.25, 0.3) is 5.91 Å². The van der Waals surface area contributed by atoms with E-state index in [0.29, 0.717) is 5.65 Å². The number of aromatic nitrogens is 2. The van der Waals surface area contributed by atoms with Gasteiger partial charge in [0.05, 0.1) is 0 Å². The van der Waals surface area contributed by atoms with Gasteiger partial charge >= 0.3 is 0 Å². The molecular formula is C17H16FN3O. The molecule has 0 unspecified atom stereocenters. The molecule has 0 saturated carbocycles. The van der Waals surface area contributed by atoms with Gasteiger partial charge in [0.15, 0.2) is 0 Å². The minimum absolute atomic E-state index is 0.260. The fraction of sp³-hybridized carbons (Fsp3) is 0.176. The van der Waals surface area contributed by atoms with Gasteiger partial charge in [0, 0.05) is 18.1 Å². The van der Waals surface area contributed by atoms with Crippen LogP contribution >= 0.6 is 0 Å². The van der Waals surface area contributed by atoms with Crippen molar-refractivity contribution in [3.63, 3.8) is 0 Å². The Kier molecular flexibility index (Phi) is 3.63. The number of para-hydroxylation sites is 1. The molecule has 2 aromatic heterocycles. The van der Waals surface area contributed by atoms with Crippen molar-refractivity contribution < 1.29 is 9.18 Å². The minimum atomic E-state index is -0.371. The third-order valence-electron chi connectivity index (χ3n) is 3.63. The van der Waals surface area contributed by atoms with E-state index in [1.807, 2.05) is 32.0 Å². The molecule has 5 heteroatoms. The molecule has 0 aliphatic heterocycles. The number of fused-ring (bicyclic) bond motifs is 1. The van der Waals surface area contributed by atoms with Crippen molar-refractivity contribution in [3.8, 4) is 0 Å². The van der Waals surface area contributed by atoms with Crippen LogP contribution in [0.4, 0.5) is 10.1 Å². The number of anilines is 1. The molecule has 3 aromatic rings. The fourth-order valence-electron chi connectivity index (χ4n) is 2.45. The highest BCUT2D eigenvalue weighted by Crippen LogP contribution is 2.22. The van der Waals surface area contributed by atoms with Crippen LogP contribution in [0.5, 0.6) is 0 Å². The number of nitrogens with one attached hydrogen (secondary N) is 1. The van der Waals surface area contributed by atoms with Crippen LogP contribution in [0.25, 0.3) is 5.65 Å². The topological polar surface area (TPSA) is 46.4 Å². The summed E-state index contributed by atoms with van der Waals surface area (Å²) >= 11 is 0. The van der Waals surface area contributed by atoms with Crippen molar-refractivity contribution in [1.82, 2.24) is 9.38 Å². The quantitative estimate of drug-likeness (QED) is 0.803. The summed E-state index contributed by atoms with van der Waals surface area (Å²) in [7, 11) is 0. The van der Waals surface area contributed by atoms with Crippen molar-refractivity contribution >= 4 is 17.2 Å². The van der Waals surface area contributed by atoms with Gasteiger partial charge in [-0.25, -0.2) is 9.37 Å². The second-order valence-corrected chi connectivity index (χ2v) is 5.16. The van der Waals surface area contributed by atoms with E-state index in [1.54, 1.807) is 0 Å². The number of halogens is 1. The second kappa shape index (κ2) is 5.60. The molecule has 0 atom stereocenters. The summed E-state index contributed by atoms with van der Waals surface area (Å²) in [5.74, 6) is -0.669. The zero-order valence-electron chi connectivity index (χ0n) is 12.4. The highest BCUT2D eigenvalue weighted by atomic mass is 19.1. The maximum Gasteiger partial charge on any atom is 0.275 e. The SMILES string of the molecule is CCc1cccc(C)c1NC(=O)c1cn2cc(F)ccc2n1. The van der Waals surface area contributed by atoms with E-state index in [9.17, 15) is 9.18 Å². The molecule has 1 aromatic carbocycles. The zero-order valence-corrected chi connectivity index (χ0v) is 12.4. The molecule has 1 N–H and O–H groups in total. The van der Waals surface area contributed by atoms with Gasteiger partial charge in [-0.05, 0) is 36.6 Å². The number of aryl methyl sites for hydroxylation is 2. The normalized spacial score (nSPS) is 10.9. The van der Waals surface area contributed by atoms with Crippen LogP contribution in [0, 0.1) is 12.7 Å². The number of rotatable bonds is 3. The lowest BCUT2D eigenvalue weighted by atomic mass is 10.1. The molecule has 3 rings (SSSR count). The van der Waals surface area contributed by atoms with Crippen molar-refractivity contribution in [1.29, 1.82) is 0 Å². The molecule has 0 radical (unpaired) electrons. The second-order valence-electron chi connectivity index (χ2n) is 5.16. The van der Waals surface area contributed by atoms with Crippen LogP contribution in [0.15, 0.2) is 42.7 Å². The van der Waals surface area contributed by atoms with Gasteiger partial charge in [-0.3, -0.25) is 4.79 Å². The highest BCUT2D eigenvalue weighted by molar-refractivity contribution is 6.04. The third kappa shape index (κ3) is 2.57. The van der Waals surface area contributed by atoms with E-state index >= 15 is 0 Å². The van der Waals surface area contributed by atoms with E-state index in [2.05, 4.69) is 10.3 Å². The largest absolute Gasteiger partial charge is 0.320 e. The van der Waals surface area contributed by atoms with E-state index < -0.39 is 0 Å². The highest BCUT2D eigenvalue weighted by Gasteiger charge is 2.14. The first-order valence-corrected chi connectivity index (χ1v) is 7.12. The van der Waals surface area contributed by atoms with Gasteiger partial charge in [-0.2, -0.15) is 0 Å². The molecule has 0 bridgehead atoms. The first-order chi connectivity index (χ1) is 10.6. The van der Waals surface area contributed by atoms with E-state index in [4.69, 9.17) is 0 Å². The lowest BCUT2D eigenvalue weighted by Gasteiger charge is -2.11. The Balaban J connectivity index is 1.93. The Bertz CT molecular complexity index is 854. The van der Waals surface area contributed by atoms with Gasteiger partial charge in [0.2, 0.25) is 0 Å². The lowest BCUT2D eigenvalue weighted by Crippen LogP contribution is -2.14. The van der Waals surface area contributed by atoms with Crippen molar-refractivity contribution in [2.24, 2.45) is 0 Å². The number of carbonyl (C=O) groups excluding carboxylic acids is 1. The van der Waals surface area contributed by atoms with Crippen LogP contribution < -0.4 is 5.32 Å². The Labute approximate surface area is 127 Å². The monoisotopic (exact) mass is 297 g/mol.